The first-order chi connectivity index (χ1) is 9.62. The summed E-state index contributed by atoms with van der Waals surface area (Å²) in [6.45, 7) is 4.99. The third-order valence-electron chi connectivity index (χ3n) is 2.90. The van der Waals surface area contributed by atoms with Gasteiger partial charge in [-0.1, -0.05) is 12.1 Å². The Morgan fingerprint density at radius 1 is 1.55 bits per heavy atom. The van der Waals surface area contributed by atoms with Gasteiger partial charge in [-0.05, 0) is 30.9 Å². The molecule has 1 aromatic carbocycles. The standard InChI is InChI=1S/C14H23N3O2S/c1-4-20-9-10(2)16-8-12-7-11(14(15)17-18)5-6-13(12)19-3/h5-7,10,16,18H,4,8-9H2,1-3H3,(H2,15,17). The van der Waals surface area contributed by atoms with Crippen LogP contribution in [0, 0.1) is 0 Å². The van der Waals surface area contributed by atoms with Gasteiger partial charge < -0.3 is 21.0 Å². The van der Waals surface area contributed by atoms with Crippen LogP contribution in [0.5, 0.6) is 5.75 Å². The largest absolute Gasteiger partial charge is 0.496 e. The second kappa shape index (κ2) is 8.71. The number of nitrogens with one attached hydrogen (secondary N) is 1. The number of oxime groups is 1. The highest BCUT2D eigenvalue weighted by atomic mass is 32.2. The molecule has 1 rings (SSSR count). The van der Waals surface area contributed by atoms with Gasteiger partial charge in [0.25, 0.3) is 0 Å². The number of nitrogens with two attached hydrogens (primary N) is 1. The van der Waals surface area contributed by atoms with Crippen molar-refractivity contribution in [2.75, 3.05) is 18.6 Å². The zero-order valence-corrected chi connectivity index (χ0v) is 13.0. The molecule has 0 aliphatic carbocycles. The van der Waals surface area contributed by atoms with Gasteiger partial charge in [-0.2, -0.15) is 11.8 Å². The monoisotopic (exact) mass is 297 g/mol. The Labute approximate surface area is 124 Å². The number of methoxy groups -OCH3 is 1. The molecule has 4 N–H and O–H groups in total. The predicted octanol–water partition coefficient (Wildman–Crippen LogP) is 2.02. The predicted molar refractivity (Wildman–Crippen MR) is 84.8 cm³/mol. The van der Waals surface area contributed by atoms with E-state index < -0.39 is 0 Å². The summed E-state index contributed by atoms with van der Waals surface area (Å²) < 4.78 is 5.34. The molecule has 0 saturated carbocycles. The van der Waals surface area contributed by atoms with Crippen molar-refractivity contribution in [2.24, 2.45) is 10.9 Å². The summed E-state index contributed by atoms with van der Waals surface area (Å²) in [7, 11) is 1.64. The van der Waals surface area contributed by atoms with E-state index in [2.05, 4.69) is 24.3 Å². The maximum atomic E-state index is 8.73. The van der Waals surface area contributed by atoms with Gasteiger partial charge in [-0.25, -0.2) is 0 Å². The number of nitrogens with zero attached hydrogens (tertiary/aromatic N) is 1. The van der Waals surface area contributed by atoms with E-state index in [0.29, 0.717) is 18.2 Å². The first-order valence-electron chi connectivity index (χ1n) is 6.58. The molecule has 0 aliphatic heterocycles. The lowest BCUT2D eigenvalue weighted by Crippen LogP contribution is -2.28. The number of rotatable bonds is 8. The normalized spacial score (nSPS) is 13.2. The Morgan fingerprint density at radius 2 is 2.30 bits per heavy atom. The van der Waals surface area contributed by atoms with Crippen LogP contribution in [0.3, 0.4) is 0 Å². The van der Waals surface area contributed by atoms with Crippen molar-refractivity contribution in [3.8, 4) is 5.75 Å². The van der Waals surface area contributed by atoms with Gasteiger partial charge in [0.1, 0.15) is 5.75 Å². The van der Waals surface area contributed by atoms with Crippen molar-refractivity contribution in [1.29, 1.82) is 0 Å². The van der Waals surface area contributed by atoms with Gasteiger partial charge in [0.2, 0.25) is 0 Å². The molecule has 0 bridgehead atoms. The minimum Gasteiger partial charge on any atom is -0.496 e. The van der Waals surface area contributed by atoms with Gasteiger partial charge in [-0.3, -0.25) is 0 Å². The molecule has 1 unspecified atom stereocenters. The molecular formula is C14H23N3O2S. The Hall–Kier alpha value is -1.40. The van der Waals surface area contributed by atoms with Crippen LogP contribution in [0.2, 0.25) is 0 Å². The van der Waals surface area contributed by atoms with E-state index in [-0.39, 0.29) is 5.84 Å². The van der Waals surface area contributed by atoms with Gasteiger partial charge in [0.05, 0.1) is 7.11 Å². The average molecular weight is 297 g/mol. The van der Waals surface area contributed by atoms with E-state index >= 15 is 0 Å². The molecule has 112 valence electrons. The van der Waals surface area contributed by atoms with E-state index in [4.69, 9.17) is 15.7 Å². The van der Waals surface area contributed by atoms with Gasteiger partial charge in [0.15, 0.2) is 5.84 Å². The zero-order valence-electron chi connectivity index (χ0n) is 12.2. The SMILES string of the molecule is CCSCC(C)NCc1cc(/C(N)=N/O)ccc1OC. The first-order valence-corrected chi connectivity index (χ1v) is 7.73. The van der Waals surface area contributed by atoms with Crippen LogP contribution < -0.4 is 15.8 Å². The number of benzene rings is 1. The summed E-state index contributed by atoms with van der Waals surface area (Å²) in [5.74, 6) is 3.08. The van der Waals surface area contributed by atoms with Crippen LogP contribution in [0.15, 0.2) is 23.4 Å². The molecule has 0 aliphatic rings. The highest BCUT2D eigenvalue weighted by molar-refractivity contribution is 7.99. The molecule has 0 spiro atoms. The molecule has 1 atom stereocenters. The Kier molecular flexibility index (Phi) is 7.25. The topological polar surface area (TPSA) is 79.9 Å². The molecule has 0 aromatic heterocycles. The third-order valence-corrected chi connectivity index (χ3v) is 4.04. The summed E-state index contributed by atoms with van der Waals surface area (Å²) in [6, 6.07) is 5.89. The lowest BCUT2D eigenvalue weighted by Gasteiger charge is -2.15. The molecule has 0 radical (unpaired) electrons. The summed E-state index contributed by atoms with van der Waals surface area (Å²) in [4.78, 5) is 0. The van der Waals surface area contributed by atoms with Crippen molar-refractivity contribution in [1.82, 2.24) is 5.32 Å². The summed E-state index contributed by atoms with van der Waals surface area (Å²) >= 11 is 1.91. The van der Waals surface area contributed by atoms with E-state index in [9.17, 15) is 0 Å². The highest BCUT2D eigenvalue weighted by Gasteiger charge is 2.09. The van der Waals surface area contributed by atoms with Crippen molar-refractivity contribution in [3.63, 3.8) is 0 Å². The molecule has 0 fully saturated rings. The van der Waals surface area contributed by atoms with E-state index in [1.807, 2.05) is 23.9 Å². The van der Waals surface area contributed by atoms with Crippen molar-refractivity contribution in [3.05, 3.63) is 29.3 Å². The molecule has 0 saturated heterocycles. The van der Waals surface area contributed by atoms with Crippen LogP contribution in [0.25, 0.3) is 0 Å². The number of hydrogen-bond donors (Lipinski definition) is 3. The fourth-order valence-corrected chi connectivity index (χ4v) is 2.48. The maximum absolute atomic E-state index is 8.73. The maximum Gasteiger partial charge on any atom is 0.170 e. The first kappa shape index (κ1) is 16.7. The fourth-order valence-electron chi connectivity index (χ4n) is 1.77. The Morgan fingerprint density at radius 3 is 2.90 bits per heavy atom. The van der Waals surface area contributed by atoms with Crippen LogP contribution >= 0.6 is 11.8 Å². The molecule has 1 aromatic rings. The summed E-state index contributed by atoms with van der Waals surface area (Å²) in [5.41, 5.74) is 7.28. The number of thioether (sulfide) groups is 1. The lowest BCUT2D eigenvalue weighted by atomic mass is 10.1. The van der Waals surface area contributed by atoms with Gasteiger partial charge in [0, 0.05) is 29.5 Å². The number of hydrogen-bond acceptors (Lipinski definition) is 5. The third kappa shape index (κ3) is 4.94. The van der Waals surface area contributed by atoms with Crippen LogP contribution in [-0.4, -0.2) is 35.7 Å². The van der Waals surface area contributed by atoms with Crippen LogP contribution in [0.4, 0.5) is 0 Å². The Balaban J connectivity index is 2.76. The molecule has 5 nitrogen and oxygen atoms in total. The average Bonchev–Trinajstić information content (AvgIpc) is 2.49. The summed E-state index contributed by atoms with van der Waals surface area (Å²) in [6.07, 6.45) is 0. The van der Waals surface area contributed by atoms with Crippen molar-refractivity contribution >= 4 is 17.6 Å². The van der Waals surface area contributed by atoms with Crippen LogP contribution in [0.1, 0.15) is 25.0 Å². The minimum atomic E-state index is 0.100. The van der Waals surface area contributed by atoms with Crippen LogP contribution in [-0.2, 0) is 6.54 Å². The lowest BCUT2D eigenvalue weighted by molar-refractivity contribution is 0.318. The molecule has 6 heteroatoms. The highest BCUT2D eigenvalue weighted by Crippen LogP contribution is 2.20. The zero-order chi connectivity index (χ0) is 15.0. The second-order valence-corrected chi connectivity index (χ2v) is 5.77. The second-order valence-electron chi connectivity index (χ2n) is 4.45. The smallest absolute Gasteiger partial charge is 0.170 e. The van der Waals surface area contributed by atoms with Gasteiger partial charge in [-0.15, -0.1) is 0 Å². The summed E-state index contributed by atoms with van der Waals surface area (Å²) in [5, 5.41) is 15.2. The van der Waals surface area contributed by atoms with Crippen molar-refractivity contribution < 1.29 is 9.94 Å². The minimum absolute atomic E-state index is 0.100. The van der Waals surface area contributed by atoms with Gasteiger partial charge >= 0.3 is 0 Å². The fraction of sp³-hybridized carbons (Fsp3) is 0.500. The number of ether oxygens (including phenoxy) is 1. The molecule has 20 heavy (non-hydrogen) atoms. The number of amidine groups is 1. The van der Waals surface area contributed by atoms with Crippen molar-refractivity contribution in [2.45, 2.75) is 26.4 Å². The van der Waals surface area contributed by atoms with E-state index in [1.165, 1.54) is 0 Å². The molecular weight excluding hydrogens is 274 g/mol. The van der Waals surface area contributed by atoms with E-state index in [0.717, 1.165) is 22.8 Å². The van der Waals surface area contributed by atoms with E-state index in [1.54, 1.807) is 13.2 Å². The quantitative estimate of drug-likeness (QED) is 0.296. The molecule has 0 amide bonds. The Bertz CT molecular complexity index is 452. The molecule has 0 heterocycles.